The van der Waals surface area contributed by atoms with E-state index in [0.717, 1.165) is 47.6 Å². The van der Waals surface area contributed by atoms with Gasteiger partial charge < -0.3 is 9.47 Å². The minimum atomic E-state index is -0.405. The van der Waals surface area contributed by atoms with Crippen LogP contribution in [0.1, 0.15) is 40.2 Å². The van der Waals surface area contributed by atoms with Crippen LogP contribution in [0, 0.1) is 10.1 Å². The molecule has 0 bridgehead atoms. The number of hydrogen-bond donors (Lipinski definition) is 0. The second-order valence-electron chi connectivity index (χ2n) is 7.34. The average Bonchev–Trinajstić information content (AvgIpc) is 3.12. The van der Waals surface area contributed by atoms with Gasteiger partial charge in [-0.25, -0.2) is 4.98 Å². The van der Waals surface area contributed by atoms with Gasteiger partial charge in [-0.05, 0) is 25.7 Å². The predicted octanol–water partition coefficient (Wildman–Crippen LogP) is 3.84. The van der Waals surface area contributed by atoms with Crippen LogP contribution in [0.25, 0.3) is 4.96 Å². The Morgan fingerprint density at radius 2 is 2.10 bits per heavy atom. The molecule has 10 heteroatoms. The molecule has 8 nitrogen and oxygen atoms in total. The van der Waals surface area contributed by atoms with E-state index >= 15 is 0 Å². The molecule has 1 aliphatic carbocycles. The quantitative estimate of drug-likeness (QED) is 0.435. The number of hydrogen-bond acceptors (Lipinski definition) is 8. The summed E-state index contributed by atoms with van der Waals surface area (Å²) in [7, 11) is 0. The number of rotatable bonds is 5. The normalized spacial score (nSPS) is 15.5. The fraction of sp³-hybridized carbons (Fsp3) is 0.400. The predicted molar refractivity (Wildman–Crippen MR) is 114 cm³/mol. The van der Waals surface area contributed by atoms with Crippen LogP contribution < -0.4 is 10.3 Å². The monoisotopic (exact) mass is 445 g/mol. The van der Waals surface area contributed by atoms with Crippen LogP contribution in [-0.4, -0.2) is 21.1 Å². The van der Waals surface area contributed by atoms with Gasteiger partial charge in [-0.2, -0.15) is 11.8 Å². The number of nitro benzene ring substituents is 1. The molecule has 3 heterocycles. The zero-order valence-electron chi connectivity index (χ0n) is 16.1. The molecule has 156 valence electrons. The number of aromatic nitrogens is 2. The molecule has 30 heavy (non-hydrogen) atoms. The third-order valence-electron chi connectivity index (χ3n) is 5.30. The standard InChI is InChI=1S/C20H19N3O5S2/c24-18-7-14(21-20-22(18)16-3-1-2-4-17(16)30-20)10-29-9-13-6-15(23(25)26)5-12-8-27-11-28-19(12)13/h5-7H,1-4,8-11H2. The minimum absolute atomic E-state index is 0.0248. The Labute approximate surface area is 180 Å². The van der Waals surface area contributed by atoms with E-state index < -0.39 is 4.92 Å². The van der Waals surface area contributed by atoms with Crippen molar-refractivity contribution in [2.75, 3.05) is 6.79 Å². The van der Waals surface area contributed by atoms with Crippen molar-refractivity contribution in [3.8, 4) is 5.75 Å². The smallest absolute Gasteiger partial charge is 0.270 e. The van der Waals surface area contributed by atoms with Gasteiger partial charge in [0.05, 0.1) is 17.2 Å². The summed E-state index contributed by atoms with van der Waals surface area (Å²) in [5, 5.41) is 11.3. The van der Waals surface area contributed by atoms with Gasteiger partial charge in [0.1, 0.15) is 5.75 Å². The molecule has 3 aromatic rings. The Hall–Kier alpha value is -2.43. The zero-order chi connectivity index (χ0) is 20.7. The average molecular weight is 446 g/mol. The molecular formula is C20H19N3O5S2. The van der Waals surface area contributed by atoms with Gasteiger partial charge >= 0.3 is 0 Å². The Kier molecular flexibility index (Phi) is 5.21. The van der Waals surface area contributed by atoms with Gasteiger partial charge in [0, 0.05) is 51.4 Å². The van der Waals surface area contributed by atoms with Gasteiger partial charge in [-0.1, -0.05) is 0 Å². The lowest BCUT2D eigenvalue weighted by molar-refractivity contribution is -0.385. The Morgan fingerprint density at radius 3 is 2.97 bits per heavy atom. The Bertz CT molecular complexity index is 1200. The van der Waals surface area contributed by atoms with Crippen molar-refractivity contribution in [1.82, 2.24) is 9.38 Å². The number of nitrogens with zero attached hydrogens (tertiary/aromatic N) is 3. The van der Waals surface area contributed by atoms with Crippen LogP contribution in [-0.2, 0) is 35.7 Å². The number of thiazole rings is 1. The fourth-order valence-corrected chi connectivity index (χ4v) is 6.10. The number of non-ortho nitro benzene ring substituents is 1. The molecule has 0 unspecified atom stereocenters. The molecule has 0 fully saturated rings. The molecule has 0 spiro atoms. The van der Waals surface area contributed by atoms with E-state index in [9.17, 15) is 14.9 Å². The van der Waals surface area contributed by atoms with Crippen molar-refractivity contribution in [2.24, 2.45) is 0 Å². The van der Waals surface area contributed by atoms with E-state index in [1.165, 1.54) is 10.9 Å². The van der Waals surface area contributed by atoms with Gasteiger partial charge in [0.2, 0.25) is 0 Å². The third-order valence-corrected chi connectivity index (χ3v) is 7.46. The van der Waals surface area contributed by atoms with E-state index in [1.807, 2.05) is 0 Å². The van der Waals surface area contributed by atoms with Gasteiger partial charge in [-0.3, -0.25) is 19.3 Å². The maximum absolute atomic E-state index is 12.7. The molecule has 0 radical (unpaired) electrons. The minimum Gasteiger partial charge on any atom is -0.467 e. The van der Waals surface area contributed by atoms with E-state index in [4.69, 9.17) is 14.5 Å². The first kappa shape index (κ1) is 19.5. The van der Waals surface area contributed by atoms with E-state index in [2.05, 4.69) is 0 Å². The second-order valence-corrected chi connectivity index (χ2v) is 9.38. The number of ether oxygens (including phenoxy) is 2. The number of fused-ring (bicyclic) bond motifs is 4. The van der Waals surface area contributed by atoms with Gasteiger partial charge in [0.25, 0.3) is 11.2 Å². The molecule has 2 aliphatic rings. The van der Waals surface area contributed by atoms with Crippen molar-refractivity contribution in [3.05, 3.63) is 66.1 Å². The van der Waals surface area contributed by atoms with Crippen LogP contribution in [0.4, 0.5) is 5.69 Å². The second kappa shape index (κ2) is 8.01. The third kappa shape index (κ3) is 3.59. The van der Waals surface area contributed by atoms with Crippen molar-refractivity contribution < 1.29 is 14.4 Å². The van der Waals surface area contributed by atoms with E-state index in [0.29, 0.717) is 29.4 Å². The summed E-state index contributed by atoms with van der Waals surface area (Å²) in [5.41, 5.74) is 3.31. The van der Waals surface area contributed by atoms with Crippen molar-refractivity contribution >= 4 is 33.7 Å². The lowest BCUT2D eigenvalue weighted by atomic mass is 10.0. The fourth-order valence-electron chi connectivity index (χ4n) is 3.97. The molecule has 1 aromatic carbocycles. The maximum atomic E-state index is 12.7. The molecule has 0 N–H and O–H groups in total. The topological polar surface area (TPSA) is 96.0 Å². The Balaban J connectivity index is 1.37. The lowest BCUT2D eigenvalue weighted by Crippen LogP contribution is -2.17. The zero-order valence-corrected chi connectivity index (χ0v) is 17.7. The number of nitro groups is 1. The summed E-state index contributed by atoms with van der Waals surface area (Å²) in [6.45, 7) is 0.438. The maximum Gasteiger partial charge on any atom is 0.270 e. The summed E-state index contributed by atoms with van der Waals surface area (Å²) in [6, 6.07) is 4.66. The first-order valence-electron chi connectivity index (χ1n) is 9.72. The Morgan fingerprint density at radius 1 is 1.23 bits per heavy atom. The largest absolute Gasteiger partial charge is 0.467 e. The number of thioether (sulfide) groups is 1. The molecule has 0 saturated heterocycles. The van der Waals surface area contributed by atoms with Crippen LogP contribution in [0.5, 0.6) is 5.75 Å². The molecule has 0 atom stereocenters. The number of benzene rings is 1. The van der Waals surface area contributed by atoms with Crippen LogP contribution in [0.2, 0.25) is 0 Å². The highest BCUT2D eigenvalue weighted by atomic mass is 32.2. The van der Waals surface area contributed by atoms with E-state index in [-0.39, 0.29) is 18.0 Å². The summed E-state index contributed by atoms with van der Waals surface area (Å²) in [6.07, 6.45) is 4.24. The molecule has 0 amide bonds. The lowest BCUT2D eigenvalue weighted by Gasteiger charge is -2.20. The molecule has 0 saturated carbocycles. The van der Waals surface area contributed by atoms with Gasteiger partial charge in [0.15, 0.2) is 11.8 Å². The van der Waals surface area contributed by atoms with Crippen molar-refractivity contribution in [2.45, 2.75) is 43.8 Å². The first-order valence-corrected chi connectivity index (χ1v) is 11.7. The highest BCUT2D eigenvalue weighted by molar-refractivity contribution is 7.97. The molecule has 2 aromatic heterocycles. The summed E-state index contributed by atoms with van der Waals surface area (Å²) >= 11 is 3.17. The first-order chi connectivity index (χ1) is 14.6. The highest BCUT2D eigenvalue weighted by Crippen LogP contribution is 2.35. The SMILES string of the molecule is O=c1cc(CSCc2cc([N+](=O)[O-])cc3c2OCOC3)nc2sc3c(n12)CCCC3. The summed E-state index contributed by atoms with van der Waals surface area (Å²) in [4.78, 5) is 30.3. The van der Waals surface area contributed by atoms with Crippen molar-refractivity contribution in [1.29, 1.82) is 0 Å². The van der Waals surface area contributed by atoms with Gasteiger partial charge in [-0.15, -0.1) is 11.3 Å². The van der Waals surface area contributed by atoms with Crippen LogP contribution >= 0.6 is 23.1 Å². The number of aryl methyl sites for hydroxylation is 2. The molecule has 5 rings (SSSR count). The van der Waals surface area contributed by atoms with Crippen LogP contribution in [0.3, 0.4) is 0 Å². The van der Waals surface area contributed by atoms with Crippen molar-refractivity contribution in [3.63, 3.8) is 0 Å². The molecular weight excluding hydrogens is 426 g/mol. The highest BCUT2D eigenvalue weighted by Gasteiger charge is 2.21. The molecule has 1 aliphatic heterocycles. The summed E-state index contributed by atoms with van der Waals surface area (Å²) in [5.74, 6) is 1.72. The summed E-state index contributed by atoms with van der Waals surface area (Å²) < 4.78 is 12.6. The van der Waals surface area contributed by atoms with E-state index in [1.54, 1.807) is 39.6 Å². The van der Waals surface area contributed by atoms with Crippen LogP contribution in [0.15, 0.2) is 23.0 Å².